The summed E-state index contributed by atoms with van der Waals surface area (Å²) in [6, 6.07) is 8.55. The summed E-state index contributed by atoms with van der Waals surface area (Å²) in [7, 11) is 0. The molecule has 0 radical (unpaired) electrons. The number of β-amino-alcohol motifs (C(OH)–C–C–N with tert-alkyl or cyclic N) is 1. The van der Waals surface area contributed by atoms with Crippen LogP contribution in [0.4, 0.5) is 0 Å². The number of rotatable bonds is 4. The standard InChI is InChI=1S/C18H27NO3/c1-15-6-8-17(9-7-15)22-14-18(20)12-19(10-11-21-13-18)16-4-2-3-5-16/h6-9,16,20H,2-5,10-14H2,1H3. The molecule has 1 unspecified atom stereocenters. The predicted octanol–water partition coefficient (Wildman–Crippen LogP) is 2.38. The molecule has 4 heteroatoms. The minimum absolute atomic E-state index is 0.277. The number of aryl methyl sites for hydroxylation is 1. The molecule has 4 nitrogen and oxygen atoms in total. The summed E-state index contributed by atoms with van der Waals surface area (Å²) in [4.78, 5) is 2.40. The number of hydrogen-bond donors (Lipinski definition) is 1. The van der Waals surface area contributed by atoms with Gasteiger partial charge < -0.3 is 14.6 Å². The molecule has 1 aliphatic carbocycles. The summed E-state index contributed by atoms with van der Waals surface area (Å²) >= 11 is 0. The van der Waals surface area contributed by atoms with Gasteiger partial charge in [-0.1, -0.05) is 30.5 Å². The highest BCUT2D eigenvalue weighted by atomic mass is 16.5. The van der Waals surface area contributed by atoms with Crippen LogP contribution in [0.25, 0.3) is 0 Å². The lowest BCUT2D eigenvalue weighted by Crippen LogP contribution is -2.51. The Hall–Kier alpha value is -1.10. The Balaban J connectivity index is 1.60. The van der Waals surface area contributed by atoms with E-state index in [9.17, 15) is 5.11 Å². The van der Waals surface area contributed by atoms with Gasteiger partial charge in [0.1, 0.15) is 18.0 Å². The molecule has 2 fully saturated rings. The van der Waals surface area contributed by atoms with Crippen LogP contribution >= 0.6 is 0 Å². The molecule has 0 spiro atoms. The molecule has 122 valence electrons. The second-order valence-corrected chi connectivity index (χ2v) is 6.79. The van der Waals surface area contributed by atoms with Gasteiger partial charge in [-0.05, 0) is 31.9 Å². The topological polar surface area (TPSA) is 41.9 Å². The zero-order valence-corrected chi connectivity index (χ0v) is 13.5. The molecule has 1 aromatic carbocycles. The van der Waals surface area contributed by atoms with E-state index in [1.807, 2.05) is 24.3 Å². The molecule has 1 saturated heterocycles. The van der Waals surface area contributed by atoms with E-state index in [0.29, 0.717) is 25.8 Å². The first-order chi connectivity index (χ1) is 10.6. The number of nitrogens with zero attached hydrogens (tertiary/aromatic N) is 1. The smallest absolute Gasteiger partial charge is 0.134 e. The summed E-state index contributed by atoms with van der Waals surface area (Å²) in [6.45, 7) is 4.93. The van der Waals surface area contributed by atoms with E-state index in [1.54, 1.807) is 0 Å². The van der Waals surface area contributed by atoms with E-state index in [2.05, 4.69) is 11.8 Å². The Labute approximate surface area is 133 Å². The fourth-order valence-corrected chi connectivity index (χ4v) is 3.47. The Morgan fingerprint density at radius 3 is 2.73 bits per heavy atom. The Kier molecular flexibility index (Phi) is 5.01. The van der Waals surface area contributed by atoms with Crippen molar-refractivity contribution >= 4 is 0 Å². The Morgan fingerprint density at radius 2 is 2.00 bits per heavy atom. The molecule has 1 heterocycles. The zero-order chi connectivity index (χ0) is 15.4. The lowest BCUT2D eigenvalue weighted by atomic mass is 10.0. The van der Waals surface area contributed by atoms with E-state index in [1.165, 1.54) is 31.2 Å². The van der Waals surface area contributed by atoms with E-state index >= 15 is 0 Å². The van der Waals surface area contributed by atoms with Gasteiger partial charge in [0.05, 0.1) is 13.2 Å². The highest BCUT2D eigenvalue weighted by Crippen LogP contribution is 2.26. The van der Waals surface area contributed by atoms with Gasteiger partial charge in [-0.2, -0.15) is 0 Å². The van der Waals surface area contributed by atoms with Crippen LogP contribution < -0.4 is 4.74 Å². The largest absolute Gasteiger partial charge is 0.490 e. The molecule has 1 aromatic rings. The lowest BCUT2D eigenvalue weighted by Gasteiger charge is -2.33. The van der Waals surface area contributed by atoms with Crippen LogP contribution in [0.1, 0.15) is 31.2 Å². The van der Waals surface area contributed by atoms with Crippen molar-refractivity contribution < 1.29 is 14.6 Å². The summed E-state index contributed by atoms with van der Waals surface area (Å²) in [5.41, 5.74) is 0.278. The SMILES string of the molecule is Cc1ccc(OCC2(O)COCCN(C3CCCC3)C2)cc1. The molecule has 22 heavy (non-hydrogen) atoms. The van der Waals surface area contributed by atoms with Gasteiger partial charge >= 0.3 is 0 Å². The number of benzene rings is 1. The van der Waals surface area contributed by atoms with Crippen molar-refractivity contribution in [3.63, 3.8) is 0 Å². The van der Waals surface area contributed by atoms with Gasteiger partial charge in [0, 0.05) is 19.1 Å². The van der Waals surface area contributed by atoms with Crippen molar-refractivity contribution in [2.75, 3.05) is 32.9 Å². The third-order valence-electron chi connectivity index (χ3n) is 4.76. The summed E-state index contributed by atoms with van der Waals surface area (Å²) < 4.78 is 11.4. The molecule has 0 bridgehead atoms. The molecule has 1 atom stereocenters. The molecule has 2 aliphatic rings. The van der Waals surface area contributed by atoms with E-state index < -0.39 is 5.60 Å². The maximum absolute atomic E-state index is 10.9. The number of hydrogen-bond acceptors (Lipinski definition) is 4. The van der Waals surface area contributed by atoms with Crippen molar-refractivity contribution in [2.45, 2.75) is 44.2 Å². The maximum atomic E-state index is 10.9. The fraction of sp³-hybridized carbons (Fsp3) is 0.667. The highest BCUT2D eigenvalue weighted by molar-refractivity contribution is 5.26. The van der Waals surface area contributed by atoms with Crippen LogP contribution in [0.2, 0.25) is 0 Å². The minimum atomic E-state index is -0.927. The summed E-state index contributed by atoms with van der Waals surface area (Å²) in [5, 5.41) is 10.9. The monoisotopic (exact) mass is 305 g/mol. The van der Waals surface area contributed by atoms with Gasteiger partial charge in [0.15, 0.2) is 0 Å². The van der Waals surface area contributed by atoms with Crippen molar-refractivity contribution in [3.05, 3.63) is 29.8 Å². The molecule has 0 aromatic heterocycles. The Morgan fingerprint density at radius 1 is 1.27 bits per heavy atom. The third kappa shape index (κ3) is 4.00. The second kappa shape index (κ2) is 6.99. The van der Waals surface area contributed by atoms with Gasteiger partial charge in [0.2, 0.25) is 0 Å². The van der Waals surface area contributed by atoms with Crippen LogP contribution in [-0.4, -0.2) is 54.6 Å². The maximum Gasteiger partial charge on any atom is 0.134 e. The quantitative estimate of drug-likeness (QED) is 0.927. The number of ether oxygens (including phenoxy) is 2. The van der Waals surface area contributed by atoms with E-state index in [-0.39, 0.29) is 6.61 Å². The molecule has 0 amide bonds. The first kappa shape index (κ1) is 15.8. The Bertz CT molecular complexity index is 470. The molecule has 1 N–H and O–H groups in total. The van der Waals surface area contributed by atoms with E-state index in [0.717, 1.165) is 12.3 Å². The van der Waals surface area contributed by atoms with E-state index in [4.69, 9.17) is 9.47 Å². The molecule has 1 aliphatic heterocycles. The first-order valence-corrected chi connectivity index (χ1v) is 8.38. The van der Waals surface area contributed by atoms with Crippen LogP contribution in [0, 0.1) is 6.92 Å². The normalized spacial score (nSPS) is 27.7. The van der Waals surface area contributed by atoms with Crippen LogP contribution in [-0.2, 0) is 4.74 Å². The van der Waals surface area contributed by atoms with Gasteiger partial charge in [-0.15, -0.1) is 0 Å². The summed E-state index contributed by atoms with van der Waals surface area (Å²) in [6.07, 6.45) is 5.10. The minimum Gasteiger partial charge on any atom is -0.490 e. The summed E-state index contributed by atoms with van der Waals surface area (Å²) in [5.74, 6) is 0.802. The van der Waals surface area contributed by atoms with Gasteiger partial charge in [0.25, 0.3) is 0 Å². The molecular formula is C18H27NO3. The van der Waals surface area contributed by atoms with Gasteiger partial charge in [-0.3, -0.25) is 4.90 Å². The molecule has 3 rings (SSSR count). The molecule has 1 saturated carbocycles. The van der Waals surface area contributed by atoms with Crippen LogP contribution in [0.5, 0.6) is 5.75 Å². The third-order valence-corrected chi connectivity index (χ3v) is 4.76. The average Bonchev–Trinajstić information content (AvgIpc) is 2.98. The lowest BCUT2D eigenvalue weighted by molar-refractivity contribution is -0.0669. The first-order valence-electron chi connectivity index (χ1n) is 8.38. The fourth-order valence-electron chi connectivity index (χ4n) is 3.47. The zero-order valence-electron chi connectivity index (χ0n) is 13.5. The van der Waals surface area contributed by atoms with Crippen molar-refractivity contribution in [1.82, 2.24) is 4.90 Å². The predicted molar refractivity (Wildman–Crippen MR) is 86.3 cm³/mol. The highest BCUT2D eigenvalue weighted by Gasteiger charge is 2.36. The molecular weight excluding hydrogens is 278 g/mol. The van der Waals surface area contributed by atoms with Crippen molar-refractivity contribution in [2.24, 2.45) is 0 Å². The van der Waals surface area contributed by atoms with Crippen LogP contribution in [0.3, 0.4) is 0 Å². The van der Waals surface area contributed by atoms with Crippen molar-refractivity contribution in [3.8, 4) is 5.75 Å². The van der Waals surface area contributed by atoms with Gasteiger partial charge in [-0.25, -0.2) is 0 Å². The number of aliphatic hydroxyl groups is 1. The average molecular weight is 305 g/mol. The van der Waals surface area contributed by atoms with Crippen LogP contribution in [0.15, 0.2) is 24.3 Å². The second-order valence-electron chi connectivity index (χ2n) is 6.79. The van der Waals surface area contributed by atoms with Crippen molar-refractivity contribution in [1.29, 1.82) is 0 Å².